The standard InChI is InChI=1S/C24H29N3O2S/c28-21-10-20(19-3-6-30-14-19)25-22(26-21)18-1-4-27(5-2-18)23(29)24-11-15-7-16(12-24)9-17(8-15)13-24/h3,6,10,14-18H,1-2,4-5,7-9,11-13H2,(H,25,26,28). The summed E-state index contributed by atoms with van der Waals surface area (Å²) in [5.41, 5.74) is 1.62. The summed E-state index contributed by atoms with van der Waals surface area (Å²) in [6, 6.07) is 3.58. The second kappa shape index (κ2) is 7.04. The summed E-state index contributed by atoms with van der Waals surface area (Å²) in [6.45, 7) is 1.58. The summed E-state index contributed by atoms with van der Waals surface area (Å²) in [6.07, 6.45) is 9.28. The Morgan fingerprint density at radius 2 is 1.77 bits per heavy atom. The molecule has 0 aromatic carbocycles. The Balaban J connectivity index is 1.17. The molecule has 2 aromatic rings. The average Bonchev–Trinajstić information content (AvgIpc) is 3.27. The highest BCUT2D eigenvalue weighted by Crippen LogP contribution is 2.60. The molecule has 1 amide bonds. The summed E-state index contributed by atoms with van der Waals surface area (Å²) in [5.74, 6) is 3.83. The lowest BCUT2D eigenvalue weighted by molar-refractivity contribution is -0.158. The third-order valence-electron chi connectivity index (χ3n) is 8.24. The SMILES string of the molecule is O=C(N1CCC(c2nc(-c3ccsc3)cc(=O)[nH]2)CC1)C12CC3CC(CC(C3)C1)C2. The van der Waals surface area contributed by atoms with Crippen LogP contribution in [-0.2, 0) is 4.79 Å². The molecule has 0 unspecified atom stereocenters. The predicted octanol–water partition coefficient (Wildman–Crippen LogP) is 4.42. The van der Waals surface area contributed by atoms with Gasteiger partial charge in [-0.2, -0.15) is 11.3 Å². The molecule has 4 saturated carbocycles. The Hall–Kier alpha value is -1.95. The maximum absolute atomic E-state index is 13.6. The van der Waals surface area contributed by atoms with E-state index in [0.29, 0.717) is 5.91 Å². The number of likely N-dealkylation sites (tertiary alicyclic amines) is 1. The number of nitrogens with one attached hydrogen (secondary N) is 1. The predicted molar refractivity (Wildman–Crippen MR) is 117 cm³/mol. The maximum Gasteiger partial charge on any atom is 0.251 e. The Bertz CT molecular complexity index is 968. The second-order valence-corrected chi connectivity index (χ2v) is 11.1. The van der Waals surface area contributed by atoms with Gasteiger partial charge in [0.25, 0.3) is 5.56 Å². The van der Waals surface area contributed by atoms with Crippen LogP contribution in [0.1, 0.15) is 63.1 Å². The van der Waals surface area contributed by atoms with Crippen LogP contribution in [0.3, 0.4) is 0 Å². The molecule has 5 aliphatic rings. The van der Waals surface area contributed by atoms with Crippen molar-refractivity contribution < 1.29 is 4.79 Å². The van der Waals surface area contributed by atoms with E-state index >= 15 is 0 Å². The van der Waals surface area contributed by atoms with Crippen LogP contribution in [-0.4, -0.2) is 33.9 Å². The normalized spacial score (nSPS) is 33.2. The topological polar surface area (TPSA) is 66.1 Å². The van der Waals surface area contributed by atoms with Gasteiger partial charge < -0.3 is 9.88 Å². The van der Waals surface area contributed by atoms with Crippen molar-refractivity contribution in [1.29, 1.82) is 0 Å². The summed E-state index contributed by atoms with van der Waals surface area (Å²) in [4.78, 5) is 35.7. The van der Waals surface area contributed by atoms with E-state index in [2.05, 4.69) is 9.88 Å². The van der Waals surface area contributed by atoms with Gasteiger partial charge in [-0.15, -0.1) is 0 Å². The van der Waals surface area contributed by atoms with Crippen molar-refractivity contribution in [3.05, 3.63) is 39.1 Å². The molecule has 1 aliphatic heterocycles. The van der Waals surface area contributed by atoms with Crippen LogP contribution in [0.5, 0.6) is 0 Å². The Morgan fingerprint density at radius 1 is 1.10 bits per heavy atom. The lowest BCUT2D eigenvalue weighted by atomic mass is 9.49. The number of aromatic amines is 1. The number of aromatic nitrogens is 2. The minimum Gasteiger partial charge on any atom is -0.342 e. The molecule has 4 bridgehead atoms. The Labute approximate surface area is 180 Å². The van der Waals surface area contributed by atoms with Gasteiger partial charge in [-0.05, 0) is 80.6 Å². The first-order chi connectivity index (χ1) is 14.6. The van der Waals surface area contributed by atoms with Crippen LogP contribution in [0.25, 0.3) is 11.3 Å². The fourth-order valence-electron chi connectivity index (χ4n) is 7.29. The molecule has 1 N–H and O–H groups in total. The first-order valence-corrected chi connectivity index (χ1v) is 12.5. The zero-order chi connectivity index (χ0) is 20.3. The molecular formula is C24H29N3O2S. The van der Waals surface area contributed by atoms with Gasteiger partial charge in [0, 0.05) is 36.0 Å². The van der Waals surface area contributed by atoms with Crippen LogP contribution in [0, 0.1) is 23.2 Å². The lowest BCUT2D eigenvalue weighted by Gasteiger charge is -2.57. The van der Waals surface area contributed by atoms with E-state index in [9.17, 15) is 9.59 Å². The first kappa shape index (κ1) is 18.8. The highest BCUT2D eigenvalue weighted by molar-refractivity contribution is 7.08. The first-order valence-electron chi connectivity index (χ1n) is 11.5. The molecule has 3 heterocycles. The number of amides is 1. The van der Waals surface area contributed by atoms with Gasteiger partial charge in [0.2, 0.25) is 5.91 Å². The molecule has 6 heteroatoms. The summed E-state index contributed by atoms with van der Waals surface area (Å²) in [5, 5.41) is 4.03. The molecule has 158 valence electrons. The minimum atomic E-state index is -0.0896. The molecule has 5 fully saturated rings. The number of piperidine rings is 1. The van der Waals surface area contributed by atoms with Gasteiger partial charge in [0.05, 0.1) is 11.1 Å². The maximum atomic E-state index is 13.6. The van der Waals surface area contributed by atoms with Crippen LogP contribution in [0.15, 0.2) is 27.7 Å². The van der Waals surface area contributed by atoms with Crippen molar-refractivity contribution in [2.75, 3.05) is 13.1 Å². The lowest BCUT2D eigenvalue weighted by Crippen LogP contribution is -2.55. The number of carbonyl (C=O) groups excluding carboxylic acids is 1. The van der Waals surface area contributed by atoms with Crippen molar-refractivity contribution in [3.8, 4) is 11.3 Å². The summed E-state index contributed by atoms with van der Waals surface area (Å²) < 4.78 is 0. The number of H-pyrrole nitrogens is 1. The molecule has 0 radical (unpaired) electrons. The Morgan fingerprint density at radius 3 is 2.37 bits per heavy atom. The zero-order valence-corrected chi connectivity index (χ0v) is 18.1. The highest BCUT2D eigenvalue weighted by atomic mass is 32.1. The number of hydrogen-bond donors (Lipinski definition) is 1. The van der Waals surface area contributed by atoms with E-state index in [4.69, 9.17) is 4.98 Å². The molecule has 0 atom stereocenters. The number of nitrogens with zero attached hydrogens (tertiary/aromatic N) is 2. The third kappa shape index (κ3) is 3.15. The van der Waals surface area contributed by atoms with Crippen LogP contribution >= 0.6 is 11.3 Å². The van der Waals surface area contributed by atoms with Crippen molar-refractivity contribution >= 4 is 17.2 Å². The number of hydrogen-bond acceptors (Lipinski definition) is 4. The van der Waals surface area contributed by atoms with Crippen molar-refractivity contribution in [1.82, 2.24) is 14.9 Å². The molecule has 4 aliphatic carbocycles. The number of carbonyl (C=O) groups is 1. The van der Waals surface area contributed by atoms with E-state index in [-0.39, 0.29) is 16.9 Å². The van der Waals surface area contributed by atoms with Gasteiger partial charge in [0.15, 0.2) is 0 Å². The molecule has 5 nitrogen and oxygen atoms in total. The third-order valence-corrected chi connectivity index (χ3v) is 8.92. The van der Waals surface area contributed by atoms with Gasteiger partial charge >= 0.3 is 0 Å². The number of rotatable bonds is 3. The van der Waals surface area contributed by atoms with Crippen molar-refractivity contribution in [3.63, 3.8) is 0 Å². The monoisotopic (exact) mass is 423 g/mol. The van der Waals surface area contributed by atoms with E-state index in [0.717, 1.165) is 80.0 Å². The smallest absolute Gasteiger partial charge is 0.251 e. The molecule has 0 spiro atoms. The molecular weight excluding hydrogens is 394 g/mol. The van der Waals surface area contributed by atoms with E-state index in [1.807, 2.05) is 16.8 Å². The van der Waals surface area contributed by atoms with E-state index < -0.39 is 0 Å². The highest BCUT2D eigenvalue weighted by Gasteiger charge is 2.55. The quantitative estimate of drug-likeness (QED) is 0.795. The van der Waals surface area contributed by atoms with E-state index in [1.165, 1.54) is 19.3 Å². The largest absolute Gasteiger partial charge is 0.342 e. The average molecular weight is 424 g/mol. The Kier molecular flexibility index (Phi) is 4.41. The summed E-state index contributed by atoms with van der Waals surface area (Å²) in [7, 11) is 0. The van der Waals surface area contributed by atoms with Crippen LogP contribution in [0.2, 0.25) is 0 Å². The fraction of sp³-hybridized carbons (Fsp3) is 0.625. The number of thiophene rings is 1. The molecule has 2 aromatic heterocycles. The minimum absolute atomic E-state index is 0.0486. The molecule has 30 heavy (non-hydrogen) atoms. The van der Waals surface area contributed by atoms with Crippen molar-refractivity contribution in [2.45, 2.75) is 57.3 Å². The fourth-order valence-corrected chi connectivity index (χ4v) is 7.94. The van der Waals surface area contributed by atoms with Gasteiger partial charge in [-0.1, -0.05) is 0 Å². The van der Waals surface area contributed by atoms with Crippen molar-refractivity contribution in [2.24, 2.45) is 23.2 Å². The second-order valence-electron chi connectivity index (χ2n) is 10.3. The van der Waals surface area contributed by atoms with Gasteiger partial charge in [-0.25, -0.2) is 4.98 Å². The summed E-state index contributed by atoms with van der Waals surface area (Å²) >= 11 is 1.61. The van der Waals surface area contributed by atoms with Crippen LogP contribution in [0.4, 0.5) is 0 Å². The molecule has 7 rings (SSSR count). The zero-order valence-electron chi connectivity index (χ0n) is 17.3. The van der Waals surface area contributed by atoms with E-state index in [1.54, 1.807) is 17.4 Å². The van der Waals surface area contributed by atoms with Crippen LogP contribution < -0.4 is 5.56 Å². The van der Waals surface area contributed by atoms with Gasteiger partial charge in [-0.3, -0.25) is 9.59 Å². The van der Waals surface area contributed by atoms with Gasteiger partial charge in [0.1, 0.15) is 5.82 Å². The molecule has 1 saturated heterocycles.